The van der Waals surface area contributed by atoms with Crippen molar-refractivity contribution in [2.24, 2.45) is 0 Å². The van der Waals surface area contributed by atoms with Gasteiger partial charge in [-0.1, -0.05) is 0 Å². The van der Waals surface area contributed by atoms with Crippen LogP contribution in [-0.4, -0.2) is 54.4 Å². The van der Waals surface area contributed by atoms with Crippen LogP contribution in [0.4, 0.5) is 0 Å². The summed E-state index contributed by atoms with van der Waals surface area (Å²) in [5.41, 5.74) is 0. The largest absolute Gasteiger partial charge is 0.393 e. The molecule has 0 bridgehead atoms. The molecule has 1 aliphatic heterocycles. The minimum atomic E-state index is -3.06. The van der Waals surface area contributed by atoms with Gasteiger partial charge in [-0.25, -0.2) is 8.42 Å². The molecule has 0 amide bonds. The van der Waals surface area contributed by atoms with Crippen molar-refractivity contribution in [3.8, 4) is 0 Å². The number of aliphatic hydroxyl groups is 2. The van der Waals surface area contributed by atoms with E-state index < -0.39 is 15.9 Å². The van der Waals surface area contributed by atoms with Gasteiger partial charge in [0.25, 0.3) is 0 Å². The Morgan fingerprint density at radius 3 is 2.21 bits per heavy atom. The molecule has 0 radical (unpaired) electrons. The van der Waals surface area contributed by atoms with Crippen molar-refractivity contribution >= 4 is 9.84 Å². The number of aliphatic hydroxyl groups excluding tert-OH is 2. The highest BCUT2D eigenvalue weighted by Gasteiger charge is 2.39. The molecular weight excluding hydrogens is 206 g/mol. The fraction of sp³-hybridized carbons (Fsp3) is 1.00. The predicted octanol–water partition coefficient (Wildman–Crippen LogP) is -1.74. The molecule has 1 saturated heterocycles. The highest BCUT2D eigenvalue weighted by molar-refractivity contribution is 7.91. The van der Waals surface area contributed by atoms with E-state index in [4.69, 9.17) is 5.11 Å². The van der Waals surface area contributed by atoms with Gasteiger partial charge in [0.05, 0.1) is 23.7 Å². The van der Waals surface area contributed by atoms with Gasteiger partial charge in [0.2, 0.25) is 0 Å². The first kappa shape index (κ1) is 10.4. The summed E-state index contributed by atoms with van der Waals surface area (Å²) in [6, 6.07) is -0.185. The van der Waals surface area contributed by atoms with Crippen LogP contribution in [0.5, 0.6) is 0 Å². The quantitative estimate of drug-likeness (QED) is 0.515. The maximum atomic E-state index is 11.2. The van der Waals surface area contributed by atoms with Crippen molar-refractivity contribution < 1.29 is 18.6 Å². The Morgan fingerprint density at radius 2 is 1.79 bits per heavy atom. The lowest BCUT2D eigenvalue weighted by Gasteiger charge is -2.34. The van der Waals surface area contributed by atoms with Crippen molar-refractivity contribution in [1.29, 1.82) is 0 Å². The molecule has 0 spiro atoms. The molecule has 2 unspecified atom stereocenters. The smallest absolute Gasteiger partial charge is 0.154 e. The fourth-order valence-electron chi connectivity index (χ4n) is 2.01. The van der Waals surface area contributed by atoms with Crippen LogP contribution >= 0.6 is 0 Å². The molecular formula is C8H15NO4S. The first-order valence-corrected chi connectivity index (χ1v) is 6.61. The third-order valence-corrected chi connectivity index (χ3v) is 4.60. The molecule has 1 heterocycles. The zero-order valence-electron chi connectivity index (χ0n) is 7.76. The highest BCUT2D eigenvalue weighted by Crippen LogP contribution is 2.22. The van der Waals surface area contributed by atoms with Gasteiger partial charge in [0.15, 0.2) is 9.84 Å². The first-order chi connectivity index (χ1) is 6.46. The van der Waals surface area contributed by atoms with Crippen molar-refractivity contribution in [3.63, 3.8) is 0 Å². The highest BCUT2D eigenvalue weighted by atomic mass is 32.2. The van der Waals surface area contributed by atoms with Crippen LogP contribution in [0, 0.1) is 0 Å². The Hall–Kier alpha value is -0.170. The summed E-state index contributed by atoms with van der Waals surface area (Å²) in [4.78, 5) is 0. The standard InChI is InChI=1S/C8H15NO4S/c10-6-1-5(2-6)9-7-3-14(12,13)4-8(7)11/h5-11H,1-4H2. The van der Waals surface area contributed by atoms with Crippen molar-refractivity contribution in [1.82, 2.24) is 5.32 Å². The van der Waals surface area contributed by atoms with Crippen LogP contribution in [0.25, 0.3) is 0 Å². The van der Waals surface area contributed by atoms with E-state index in [1.54, 1.807) is 0 Å². The molecule has 0 aromatic carbocycles. The van der Waals surface area contributed by atoms with E-state index in [1.165, 1.54) is 0 Å². The number of rotatable bonds is 2. The van der Waals surface area contributed by atoms with Crippen LogP contribution in [0.3, 0.4) is 0 Å². The van der Waals surface area contributed by atoms with Gasteiger partial charge in [0.1, 0.15) is 0 Å². The summed E-state index contributed by atoms with van der Waals surface area (Å²) >= 11 is 0. The van der Waals surface area contributed by atoms with Crippen molar-refractivity contribution in [2.75, 3.05) is 11.5 Å². The van der Waals surface area contributed by atoms with Crippen molar-refractivity contribution in [2.45, 2.75) is 37.1 Å². The summed E-state index contributed by atoms with van der Waals surface area (Å²) < 4.78 is 22.3. The van der Waals surface area contributed by atoms with Gasteiger partial charge in [-0.05, 0) is 12.8 Å². The molecule has 6 heteroatoms. The van der Waals surface area contributed by atoms with Gasteiger partial charge >= 0.3 is 0 Å². The second-order valence-electron chi connectivity index (χ2n) is 4.24. The van der Waals surface area contributed by atoms with E-state index in [0.29, 0.717) is 12.8 Å². The minimum absolute atomic E-state index is 0.0146. The number of sulfone groups is 1. The van der Waals surface area contributed by atoms with E-state index in [9.17, 15) is 13.5 Å². The van der Waals surface area contributed by atoms with E-state index in [-0.39, 0.29) is 29.7 Å². The Balaban J connectivity index is 1.87. The fourth-order valence-corrected chi connectivity index (χ4v) is 3.77. The summed E-state index contributed by atoms with van der Waals surface area (Å²) in [6.07, 6.45) is 0.257. The van der Waals surface area contributed by atoms with Crippen LogP contribution in [-0.2, 0) is 9.84 Å². The number of nitrogens with one attached hydrogen (secondary N) is 1. The number of hydrogen-bond donors (Lipinski definition) is 3. The van der Waals surface area contributed by atoms with Crippen LogP contribution in [0.2, 0.25) is 0 Å². The third-order valence-electron chi connectivity index (χ3n) is 2.89. The number of hydrogen-bond acceptors (Lipinski definition) is 5. The van der Waals surface area contributed by atoms with Crippen LogP contribution in [0.1, 0.15) is 12.8 Å². The second-order valence-corrected chi connectivity index (χ2v) is 6.39. The van der Waals surface area contributed by atoms with Gasteiger partial charge < -0.3 is 15.5 Å². The van der Waals surface area contributed by atoms with Gasteiger partial charge in [-0.3, -0.25) is 0 Å². The lowest BCUT2D eigenvalue weighted by atomic mass is 9.89. The maximum Gasteiger partial charge on any atom is 0.154 e. The average molecular weight is 221 g/mol. The zero-order valence-corrected chi connectivity index (χ0v) is 8.57. The Kier molecular flexibility index (Phi) is 2.55. The van der Waals surface area contributed by atoms with E-state index in [0.717, 1.165) is 0 Å². The first-order valence-electron chi connectivity index (χ1n) is 4.79. The van der Waals surface area contributed by atoms with Crippen molar-refractivity contribution in [3.05, 3.63) is 0 Å². The third kappa shape index (κ3) is 2.08. The minimum Gasteiger partial charge on any atom is -0.393 e. The van der Waals surface area contributed by atoms with Crippen LogP contribution < -0.4 is 5.32 Å². The Morgan fingerprint density at radius 1 is 1.14 bits per heavy atom. The summed E-state index contributed by atoms with van der Waals surface area (Å²) in [5.74, 6) is -0.124. The normalized spacial score (nSPS) is 46.1. The molecule has 5 nitrogen and oxygen atoms in total. The molecule has 2 atom stereocenters. The lowest BCUT2D eigenvalue weighted by Crippen LogP contribution is -2.52. The van der Waals surface area contributed by atoms with Crippen LogP contribution in [0.15, 0.2) is 0 Å². The predicted molar refractivity (Wildman–Crippen MR) is 50.6 cm³/mol. The molecule has 3 N–H and O–H groups in total. The molecule has 82 valence electrons. The Bertz CT molecular complexity index is 309. The maximum absolute atomic E-state index is 11.2. The molecule has 14 heavy (non-hydrogen) atoms. The molecule has 2 aliphatic rings. The molecule has 0 aromatic rings. The summed E-state index contributed by atoms with van der Waals surface area (Å²) in [5, 5.41) is 21.6. The zero-order chi connectivity index (χ0) is 10.3. The average Bonchev–Trinajstić information content (AvgIpc) is 2.22. The lowest BCUT2D eigenvalue weighted by molar-refractivity contribution is 0.0487. The molecule has 0 aromatic heterocycles. The van der Waals surface area contributed by atoms with E-state index >= 15 is 0 Å². The molecule has 1 saturated carbocycles. The van der Waals surface area contributed by atoms with E-state index in [1.807, 2.05) is 0 Å². The Labute approximate surface area is 83.0 Å². The molecule has 2 rings (SSSR count). The van der Waals surface area contributed by atoms with E-state index in [2.05, 4.69) is 5.32 Å². The monoisotopic (exact) mass is 221 g/mol. The second kappa shape index (κ2) is 3.44. The SMILES string of the molecule is O=S1(=O)CC(O)C(NC2CC(O)C2)C1. The molecule has 2 fully saturated rings. The summed E-state index contributed by atoms with van der Waals surface area (Å²) in [7, 11) is -3.06. The van der Waals surface area contributed by atoms with Gasteiger partial charge in [0, 0.05) is 12.1 Å². The van der Waals surface area contributed by atoms with Gasteiger partial charge in [-0.15, -0.1) is 0 Å². The molecule has 1 aliphatic carbocycles. The van der Waals surface area contributed by atoms with Gasteiger partial charge in [-0.2, -0.15) is 0 Å². The summed E-state index contributed by atoms with van der Waals surface area (Å²) in [6.45, 7) is 0. The topological polar surface area (TPSA) is 86.6 Å².